The molecule has 0 spiro atoms. The van der Waals surface area contributed by atoms with Crippen LogP contribution >= 0.6 is 11.6 Å². The van der Waals surface area contributed by atoms with Crippen molar-refractivity contribution in [2.24, 2.45) is 0 Å². The molecule has 2 aromatic carbocycles. The maximum atomic E-state index is 12.7. The third-order valence-corrected chi connectivity index (χ3v) is 4.63. The molecule has 0 radical (unpaired) electrons. The third-order valence-electron chi connectivity index (χ3n) is 4.39. The first-order valence-electron chi connectivity index (χ1n) is 8.36. The SMILES string of the molecule is Cc1cc(C)cc(C(=O)N2CCN(C(=O)c3cccc(Cl)c3)CC2)c1. The second-order valence-electron chi connectivity index (χ2n) is 6.47. The van der Waals surface area contributed by atoms with Gasteiger partial charge in [-0.2, -0.15) is 0 Å². The molecule has 2 amide bonds. The summed E-state index contributed by atoms with van der Waals surface area (Å²) in [6, 6.07) is 12.8. The fraction of sp³-hybridized carbons (Fsp3) is 0.300. The highest BCUT2D eigenvalue weighted by Crippen LogP contribution is 2.16. The van der Waals surface area contributed by atoms with Gasteiger partial charge >= 0.3 is 0 Å². The van der Waals surface area contributed by atoms with Crippen molar-refractivity contribution in [3.8, 4) is 0 Å². The largest absolute Gasteiger partial charge is 0.335 e. The third kappa shape index (κ3) is 4.02. The van der Waals surface area contributed by atoms with Gasteiger partial charge in [0, 0.05) is 42.3 Å². The molecule has 1 saturated heterocycles. The van der Waals surface area contributed by atoms with E-state index in [4.69, 9.17) is 11.6 Å². The van der Waals surface area contributed by atoms with Gasteiger partial charge in [0.2, 0.25) is 0 Å². The molecule has 1 heterocycles. The van der Waals surface area contributed by atoms with Gasteiger partial charge in [0.05, 0.1) is 0 Å². The molecular weight excluding hydrogens is 336 g/mol. The van der Waals surface area contributed by atoms with Crippen molar-refractivity contribution in [1.82, 2.24) is 9.80 Å². The predicted molar refractivity (Wildman–Crippen MR) is 99.2 cm³/mol. The Kier molecular flexibility index (Phi) is 5.09. The van der Waals surface area contributed by atoms with E-state index < -0.39 is 0 Å². The zero-order valence-corrected chi connectivity index (χ0v) is 15.2. The minimum atomic E-state index is -0.0407. The van der Waals surface area contributed by atoms with Gasteiger partial charge in [-0.25, -0.2) is 0 Å². The molecule has 0 aliphatic carbocycles. The highest BCUT2D eigenvalue weighted by Gasteiger charge is 2.25. The lowest BCUT2D eigenvalue weighted by Crippen LogP contribution is -2.50. The van der Waals surface area contributed by atoms with E-state index in [1.807, 2.05) is 30.9 Å². The lowest BCUT2D eigenvalue weighted by Gasteiger charge is -2.35. The Hall–Kier alpha value is -2.33. The predicted octanol–water partition coefficient (Wildman–Crippen LogP) is 3.56. The molecule has 5 heteroatoms. The number of aryl methyl sites for hydroxylation is 2. The van der Waals surface area contributed by atoms with Crippen molar-refractivity contribution in [3.63, 3.8) is 0 Å². The van der Waals surface area contributed by atoms with Crippen LogP contribution in [-0.2, 0) is 0 Å². The fourth-order valence-electron chi connectivity index (χ4n) is 3.20. The second-order valence-corrected chi connectivity index (χ2v) is 6.91. The molecule has 3 rings (SSSR count). The van der Waals surface area contributed by atoms with Gasteiger partial charge in [0.25, 0.3) is 11.8 Å². The molecule has 2 aromatic rings. The van der Waals surface area contributed by atoms with E-state index in [0.717, 1.165) is 11.1 Å². The van der Waals surface area contributed by atoms with E-state index in [-0.39, 0.29) is 11.8 Å². The Bertz CT molecular complexity index is 791. The quantitative estimate of drug-likeness (QED) is 0.825. The van der Waals surface area contributed by atoms with Crippen LogP contribution in [0.5, 0.6) is 0 Å². The van der Waals surface area contributed by atoms with Crippen LogP contribution in [0.2, 0.25) is 5.02 Å². The van der Waals surface area contributed by atoms with E-state index in [1.54, 1.807) is 29.2 Å². The van der Waals surface area contributed by atoms with Crippen LogP contribution in [0.25, 0.3) is 0 Å². The summed E-state index contributed by atoms with van der Waals surface area (Å²) < 4.78 is 0. The molecule has 0 bridgehead atoms. The van der Waals surface area contributed by atoms with Crippen LogP contribution < -0.4 is 0 Å². The molecule has 0 N–H and O–H groups in total. The van der Waals surface area contributed by atoms with E-state index in [9.17, 15) is 9.59 Å². The second kappa shape index (κ2) is 7.28. The van der Waals surface area contributed by atoms with Crippen LogP contribution in [0.15, 0.2) is 42.5 Å². The lowest BCUT2D eigenvalue weighted by atomic mass is 10.1. The summed E-state index contributed by atoms with van der Waals surface area (Å²) >= 11 is 5.96. The zero-order valence-electron chi connectivity index (χ0n) is 14.5. The van der Waals surface area contributed by atoms with Gasteiger partial charge in [0.1, 0.15) is 0 Å². The number of hydrogen-bond donors (Lipinski definition) is 0. The Morgan fingerprint density at radius 3 is 1.84 bits per heavy atom. The number of halogens is 1. The molecule has 1 aliphatic rings. The zero-order chi connectivity index (χ0) is 18.0. The average molecular weight is 357 g/mol. The first-order chi connectivity index (χ1) is 11.9. The normalized spacial score (nSPS) is 14.5. The van der Waals surface area contributed by atoms with Gasteiger partial charge in [-0.15, -0.1) is 0 Å². The van der Waals surface area contributed by atoms with E-state index in [0.29, 0.717) is 42.3 Å². The maximum absolute atomic E-state index is 12.7. The van der Waals surface area contributed by atoms with Gasteiger partial charge < -0.3 is 9.80 Å². The average Bonchev–Trinajstić information content (AvgIpc) is 2.60. The van der Waals surface area contributed by atoms with Gasteiger partial charge in [0.15, 0.2) is 0 Å². The summed E-state index contributed by atoms with van der Waals surface area (Å²) in [5.41, 5.74) is 3.46. The van der Waals surface area contributed by atoms with Crippen LogP contribution in [0.4, 0.5) is 0 Å². The van der Waals surface area contributed by atoms with Crippen LogP contribution in [0.1, 0.15) is 31.8 Å². The van der Waals surface area contributed by atoms with Crippen molar-refractivity contribution in [2.75, 3.05) is 26.2 Å². The maximum Gasteiger partial charge on any atom is 0.254 e. The smallest absolute Gasteiger partial charge is 0.254 e. The summed E-state index contributed by atoms with van der Waals surface area (Å²) in [7, 11) is 0. The Morgan fingerprint density at radius 1 is 0.800 bits per heavy atom. The number of nitrogens with zero attached hydrogens (tertiary/aromatic N) is 2. The van der Waals surface area contributed by atoms with Crippen molar-refractivity contribution in [1.29, 1.82) is 0 Å². The molecule has 1 fully saturated rings. The molecule has 0 unspecified atom stereocenters. The Balaban J connectivity index is 1.65. The molecule has 0 aromatic heterocycles. The Labute approximate surface area is 153 Å². The Morgan fingerprint density at radius 2 is 1.32 bits per heavy atom. The monoisotopic (exact) mass is 356 g/mol. The number of hydrogen-bond acceptors (Lipinski definition) is 2. The van der Waals surface area contributed by atoms with E-state index >= 15 is 0 Å². The highest BCUT2D eigenvalue weighted by molar-refractivity contribution is 6.30. The molecular formula is C20H21ClN2O2. The van der Waals surface area contributed by atoms with Crippen molar-refractivity contribution in [3.05, 3.63) is 69.7 Å². The molecule has 1 aliphatic heterocycles. The molecule has 130 valence electrons. The molecule has 25 heavy (non-hydrogen) atoms. The van der Waals surface area contributed by atoms with Crippen LogP contribution in [0, 0.1) is 13.8 Å². The summed E-state index contributed by atoms with van der Waals surface area (Å²) in [6.07, 6.45) is 0. The minimum absolute atomic E-state index is 0.0293. The van der Waals surface area contributed by atoms with Crippen molar-refractivity contribution in [2.45, 2.75) is 13.8 Å². The van der Waals surface area contributed by atoms with Crippen LogP contribution in [0.3, 0.4) is 0 Å². The van der Waals surface area contributed by atoms with E-state index in [1.165, 1.54) is 0 Å². The number of benzene rings is 2. The minimum Gasteiger partial charge on any atom is -0.335 e. The topological polar surface area (TPSA) is 40.6 Å². The first kappa shape index (κ1) is 17.5. The van der Waals surface area contributed by atoms with Gasteiger partial charge in [-0.1, -0.05) is 34.9 Å². The van der Waals surface area contributed by atoms with Gasteiger partial charge in [-0.3, -0.25) is 9.59 Å². The highest BCUT2D eigenvalue weighted by atomic mass is 35.5. The number of carbonyl (C=O) groups is 2. The molecule has 4 nitrogen and oxygen atoms in total. The number of rotatable bonds is 2. The summed E-state index contributed by atoms with van der Waals surface area (Å²) in [4.78, 5) is 28.8. The molecule has 0 atom stereocenters. The number of piperazine rings is 1. The first-order valence-corrected chi connectivity index (χ1v) is 8.74. The number of carbonyl (C=O) groups excluding carboxylic acids is 2. The van der Waals surface area contributed by atoms with E-state index in [2.05, 4.69) is 6.07 Å². The van der Waals surface area contributed by atoms with Crippen LogP contribution in [-0.4, -0.2) is 47.8 Å². The summed E-state index contributed by atoms with van der Waals surface area (Å²) in [6.45, 7) is 6.12. The fourth-order valence-corrected chi connectivity index (χ4v) is 3.39. The number of amides is 2. The lowest BCUT2D eigenvalue weighted by molar-refractivity contribution is 0.0535. The standard InChI is InChI=1S/C20H21ClN2O2/c1-14-10-15(2)12-17(11-14)20(25)23-8-6-22(7-9-23)19(24)16-4-3-5-18(21)13-16/h3-5,10-13H,6-9H2,1-2H3. The van der Waals surface area contributed by atoms with Crippen molar-refractivity contribution >= 4 is 23.4 Å². The summed E-state index contributed by atoms with van der Waals surface area (Å²) in [5, 5.41) is 0.550. The van der Waals surface area contributed by atoms with Crippen molar-refractivity contribution < 1.29 is 9.59 Å². The molecule has 0 saturated carbocycles. The van der Waals surface area contributed by atoms with Gasteiger partial charge in [-0.05, 0) is 44.2 Å². The summed E-state index contributed by atoms with van der Waals surface area (Å²) in [5.74, 6) is -0.0114.